The summed E-state index contributed by atoms with van der Waals surface area (Å²) < 4.78 is 0. The molecule has 0 saturated heterocycles. The van der Waals surface area contributed by atoms with Gasteiger partial charge in [-0.1, -0.05) is 32.9 Å². The van der Waals surface area contributed by atoms with Crippen molar-refractivity contribution in [2.45, 2.75) is 32.6 Å². The molecule has 67 valence electrons. The normalized spacial score (nSPS) is 10.7. The Balaban J connectivity index is 0.00000144. The molecule has 0 bridgehead atoms. The van der Waals surface area contributed by atoms with Gasteiger partial charge in [0.2, 0.25) is 0 Å². The van der Waals surface area contributed by atoms with Crippen molar-refractivity contribution in [3.05, 3.63) is 29.8 Å². The van der Waals surface area contributed by atoms with Crippen molar-refractivity contribution in [3.63, 3.8) is 0 Å². The SMILES string of the molecule is CCC(C)(C)c1ccc(O)cc1.[K]. The number of hydrogen-bond donors (Lipinski definition) is 1. The third-order valence-corrected chi connectivity index (χ3v) is 2.53. The average molecular weight is 203 g/mol. The van der Waals surface area contributed by atoms with Crippen LogP contribution in [0, 0.1) is 0 Å². The fourth-order valence-electron chi connectivity index (χ4n) is 1.12. The van der Waals surface area contributed by atoms with Crippen LogP contribution in [0.1, 0.15) is 32.8 Å². The second-order valence-electron chi connectivity index (χ2n) is 3.78. The van der Waals surface area contributed by atoms with Crippen molar-refractivity contribution in [3.8, 4) is 5.75 Å². The second kappa shape index (κ2) is 5.52. The number of rotatable bonds is 2. The van der Waals surface area contributed by atoms with Crippen LogP contribution in [-0.2, 0) is 5.41 Å². The van der Waals surface area contributed by atoms with Gasteiger partial charge in [-0.3, -0.25) is 0 Å². The summed E-state index contributed by atoms with van der Waals surface area (Å²) >= 11 is 0. The van der Waals surface area contributed by atoms with E-state index in [1.54, 1.807) is 12.1 Å². The monoisotopic (exact) mass is 203 g/mol. The smallest absolute Gasteiger partial charge is 0.115 e. The molecule has 0 heterocycles. The largest absolute Gasteiger partial charge is 0.508 e. The van der Waals surface area contributed by atoms with Gasteiger partial charge < -0.3 is 5.11 Å². The van der Waals surface area contributed by atoms with E-state index in [-0.39, 0.29) is 56.8 Å². The van der Waals surface area contributed by atoms with Crippen molar-refractivity contribution in [2.24, 2.45) is 0 Å². The van der Waals surface area contributed by atoms with Crippen LogP contribution < -0.4 is 0 Å². The van der Waals surface area contributed by atoms with E-state index in [1.807, 2.05) is 12.1 Å². The van der Waals surface area contributed by atoms with E-state index in [4.69, 9.17) is 5.11 Å². The van der Waals surface area contributed by atoms with Crippen LogP contribution in [0.4, 0.5) is 0 Å². The minimum Gasteiger partial charge on any atom is -0.508 e. The summed E-state index contributed by atoms with van der Waals surface area (Å²) in [5.74, 6) is 0.339. The molecule has 0 aliphatic heterocycles. The van der Waals surface area contributed by atoms with Crippen LogP contribution in [-0.4, -0.2) is 56.5 Å². The Morgan fingerprint density at radius 2 is 1.62 bits per heavy atom. The minimum atomic E-state index is 0. The van der Waals surface area contributed by atoms with Crippen LogP contribution >= 0.6 is 0 Å². The summed E-state index contributed by atoms with van der Waals surface area (Å²) in [7, 11) is 0. The van der Waals surface area contributed by atoms with Gasteiger partial charge in [0, 0.05) is 51.4 Å². The molecule has 0 saturated carbocycles. The number of phenolic OH excluding ortho intramolecular Hbond substituents is 1. The molecular weight excluding hydrogens is 187 g/mol. The molecule has 0 aromatic heterocycles. The maximum atomic E-state index is 9.10. The molecular formula is C11H16KO. The van der Waals surface area contributed by atoms with Gasteiger partial charge in [-0.05, 0) is 29.5 Å². The Morgan fingerprint density at radius 1 is 1.15 bits per heavy atom. The Morgan fingerprint density at radius 3 is 2.00 bits per heavy atom. The fraction of sp³-hybridized carbons (Fsp3) is 0.455. The first kappa shape index (κ1) is 13.7. The van der Waals surface area contributed by atoms with E-state index < -0.39 is 0 Å². The summed E-state index contributed by atoms with van der Waals surface area (Å²) in [6.07, 6.45) is 1.11. The Labute approximate surface area is 123 Å². The van der Waals surface area contributed by atoms with Crippen molar-refractivity contribution in [2.75, 3.05) is 0 Å². The maximum absolute atomic E-state index is 9.10. The van der Waals surface area contributed by atoms with Gasteiger partial charge in [-0.15, -0.1) is 0 Å². The summed E-state index contributed by atoms with van der Waals surface area (Å²) in [4.78, 5) is 0. The van der Waals surface area contributed by atoms with Crippen LogP contribution in [0.2, 0.25) is 0 Å². The zero-order chi connectivity index (χ0) is 9.19. The average Bonchev–Trinajstić information content (AvgIpc) is 2.05. The zero-order valence-corrected chi connectivity index (χ0v) is 12.1. The summed E-state index contributed by atoms with van der Waals surface area (Å²) in [6, 6.07) is 7.46. The van der Waals surface area contributed by atoms with Gasteiger partial charge in [0.1, 0.15) is 5.75 Å². The predicted octanol–water partition coefficient (Wildman–Crippen LogP) is 2.70. The molecule has 1 aromatic rings. The third kappa shape index (κ3) is 3.72. The molecule has 1 rings (SSSR count). The third-order valence-electron chi connectivity index (χ3n) is 2.53. The zero-order valence-electron chi connectivity index (χ0n) is 8.96. The first-order chi connectivity index (χ1) is 5.56. The van der Waals surface area contributed by atoms with Gasteiger partial charge in [0.25, 0.3) is 0 Å². The van der Waals surface area contributed by atoms with E-state index in [1.165, 1.54) is 5.56 Å². The van der Waals surface area contributed by atoms with E-state index in [0.29, 0.717) is 5.75 Å². The van der Waals surface area contributed by atoms with Crippen molar-refractivity contribution in [1.82, 2.24) is 0 Å². The summed E-state index contributed by atoms with van der Waals surface area (Å²) in [6.45, 7) is 6.59. The minimum absolute atomic E-state index is 0. The molecule has 0 unspecified atom stereocenters. The first-order valence-corrected chi connectivity index (χ1v) is 4.36. The maximum Gasteiger partial charge on any atom is 0.115 e. The molecule has 1 radical (unpaired) electrons. The Kier molecular flexibility index (Phi) is 5.79. The number of phenols is 1. The van der Waals surface area contributed by atoms with E-state index in [0.717, 1.165) is 6.42 Å². The molecule has 1 aromatic carbocycles. The van der Waals surface area contributed by atoms with Gasteiger partial charge in [0.15, 0.2) is 0 Å². The van der Waals surface area contributed by atoms with E-state index in [2.05, 4.69) is 20.8 Å². The van der Waals surface area contributed by atoms with Crippen molar-refractivity contribution >= 4 is 51.4 Å². The molecule has 1 nitrogen and oxygen atoms in total. The fourth-order valence-corrected chi connectivity index (χ4v) is 1.12. The summed E-state index contributed by atoms with van der Waals surface area (Å²) in [5.41, 5.74) is 1.50. The molecule has 0 aliphatic rings. The molecule has 0 amide bonds. The van der Waals surface area contributed by atoms with Gasteiger partial charge in [0.05, 0.1) is 0 Å². The van der Waals surface area contributed by atoms with E-state index >= 15 is 0 Å². The molecule has 1 N–H and O–H groups in total. The molecule has 0 atom stereocenters. The quantitative estimate of drug-likeness (QED) is 0.733. The van der Waals surface area contributed by atoms with Crippen LogP contribution in [0.15, 0.2) is 24.3 Å². The van der Waals surface area contributed by atoms with Crippen molar-refractivity contribution in [1.29, 1.82) is 0 Å². The number of hydrogen-bond acceptors (Lipinski definition) is 1. The van der Waals surface area contributed by atoms with Gasteiger partial charge >= 0.3 is 0 Å². The molecule has 0 fully saturated rings. The molecule has 0 aliphatic carbocycles. The topological polar surface area (TPSA) is 20.2 Å². The second-order valence-corrected chi connectivity index (χ2v) is 3.78. The van der Waals surface area contributed by atoms with Gasteiger partial charge in [-0.2, -0.15) is 0 Å². The molecule has 13 heavy (non-hydrogen) atoms. The first-order valence-electron chi connectivity index (χ1n) is 4.36. The Bertz CT molecular complexity index is 251. The molecule has 2 heteroatoms. The van der Waals surface area contributed by atoms with Crippen molar-refractivity contribution < 1.29 is 5.11 Å². The van der Waals surface area contributed by atoms with Crippen LogP contribution in [0.25, 0.3) is 0 Å². The molecule has 0 spiro atoms. The number of benzene rings is 1. The number of aromatic hydroxyl groups is 1. The van der Waals surface area contributed by atoms with Crippen LogP contribution in [0.5, 0.6) is 5.75 Å². The van der Waals surface area contributed by atoms with Crippen LogP contribution in [0.3, 0.4) is 0 Å². The Hall–Kier alpha value is 0.656. The van der Waals surface area contributed by atoms with E-state index in [9.17, 15) is 0 Å². The standard InChI is InChI=1S/C11H16O.K/c1-4-11(2,3)9-5-7-10(12)8-6-9;/h5-8,12H,4H2,1-3H3;. The summed E-state index contributed by atoms with van der Waals surface area (Å²) in [5, 5.41) is 9.10. The van der Waals surface area contributed by atoms with Gasteiger partial charge in [-0.25, -0.2) is 0 Å². The predicted molar refractivity (Wildman–Crippen MR) is 57.2 cm³/mol.